The molecule has 168 valence electrons. The van der Waals surface area contributed by atoms with E-state index in [1.807, 2.05) is 30.3 Å². The third kappa shape index (κ3) is 5.20. The first-order valence-corrected chi connectivity index (χ1v) is 11.6. The summed E-state index contributed by atoms with van der Waals surface area (Å²) in [5.41, 5.74) is 0.387. The van der Waals surface area contributed by atoms with Gasteiger partial charge in [-0.2, -0.15) is 0 Å². The van der Waals surface area contributed by atoms with Crippen molar-refractivity contribution in [2.75, 3.05) is 5.75 Å². The Morgan fingerprint density at radius 3 is 2.50 bits per heavy atom. The van der Waals surface area contributed by atoms with Gasteiger partial charge >= 0.3 is 29.6 Å². The number of benzene rings is 1. The van der Waals surface area contributed by atoms with Crippen molar-refractivity contribution in [1.82, 2.24) is 15.2 Å². The van der Waals surface area contributed by atoms with Crippen molar-refractivity contribution in [2.24, 2.45) is 0 Å². The summed E-state index contributed by atoms with van der Waals surface area (Å²) in [7, 11) is -3.97. The second-order valence-corrected chi connectivity index (χ2v) is 9.45. The number of sulfone groups is 1. The van der Waals surface area contributed by atoms with E-state index in [0.29, 0.717) is 10.6 Å². The minimum Gasteiger partial charge on any atom is -0.543 e. The van der Waals surface area contributed by atoms with Gasteiger partial charge in [-0.25, -0.2) is 8.42 Å². The van der Waals surface area contributed by atoms with Crippen molar-refractivity contribution in [2.45, 2.75) is 11.9 Å². The molecule has 2 aromatic rings. The molecule has 1 N–H and O–H groups in total. The van der Waals surface area contributed by atoms with Crippen LogP contribution in [-0.4, -0.2) is 47.2 Å². The molecule has 9 nitrogen and oxygen atoms in total. The summed E-state index contributed by atoms with van der Waals surface area (Å²) in [6.45, 7) is 0.239. The average molecular weight is 487 g/mol. The van der Waals surface area contributed by atoms with E-state index < -0.39 is 44.4 Å². The van der Waals surface area contributed by atoms with Crippen molar-refractivity contribution >= 4 is 33.7 Å². The summed E-state index contributed by atoms with van der Waals surface area (Å²) in [5.74, 6) is -3.68. The molecule has 0 bridgehead atoms. The summed E-state index contributed by atoms with van der Waals surface area (Å²) in [6, 6.07) is 14.0. The fourth-order valence-corrected chi connectivity index (χ4v) is 5.55. The normalized spacial score (nSPS) is 19.9. The molecule has 2 aliphatic rings. The van der Waals surface area contributed by atoms with Crippen LogP contribution in [0.4, 0.5) is 0 Å². The second kappa shape index (κ2) is 10.5. The van der Waals surface area contributed by atoms with E-state index in [1.165, 1.54) is 12.3 Å². The number of β-lactam (4-membered cyclic amide) rings is 1. The molecule has 1 atom stereocenters. The van der Waals surface area contributed by atoms with E-state index in [9.17, 15) is 27.9 Å². The van der Waals surface area contributed by atoms with Gasteiger partial charge in [-0.05, 0) is 29.3 Å². The van der Waals surface area contributed by atoms with E-state index >= 15 is 0 Å². The monoisotopic (exact) mass is 487 g/mol. The number of allylic oxidation sites excluding steroid dienone is 1. The number of hydrogen-bond acceptors (Lipinski definition) is 7. The van der Waals surface area contributed by atoms with Crippen LogP contribution in [-0.2, 0) is 30.8 Å². The molecule has 0 spiro atoms. The van der Waals surface area contributed by atoms with Crippen LogP contribution in [0.15, 0.2) is 83.7 Å². The smallest absolute Gasteiger partial charge is 0.543 e. The molecule has 34 heavy (non-hydrogen) atoms. The molecule has 0 aliphatic carbocycles. The van der Waals surface area contributed by atoms with Gasteiger partial charge in [-0.15, -0.1) is 0 Å². The number of carboxylic acids is 1. The minimum absolute atomic E-state index is 0. The number of fused-ring (bicyclic) bond motifs is 1. The summed E-state index contributed by atoms with van der Waals surface area (Å²) in [6.07, 6.45) is 4.94. The van der Waals surface area contributed by atoms with Crippen LogP contribution >= 0.6 is 0 Å². The van der Waals surface area contributed by atoms with Gasteiger partial charge in [-0.3, -0.25) is 19.5 Å². The molecule has 0 unspecified atom stereocenters. The molecule has 1 fully saturated rings. The quantitative estimate of drug-likeness (QED) is 0.260. The SMILES string of the molecule is O=C(/C=C/C1=C(C(=O)[O-])N2C(=O)/C(=C/c3ccccn3)[C@H]2S(=O)(=O)C1)NCc1ccccc1.[Na+]. The van der Waals surface area contributed by atoms with Gasteiger partial charge in [0.2, 0.25) is 5.91 Å². The molecule has 2 amide bonds. The average Bonchev–Trinajstić information content (AvgIpc) is 2.80. The molecule has 2 aliphatic heterocycles. The van der Waals surface area contributed by atoms with Crippen molar-refractivity contribution in [3.05, 3.63) is 95.0 Å². The predicted octanol–water partition coefficient (Wildman–Crippen LogP) is -3.06. The number of carbonyl (C=O) groups excluding carboxylic acids is 3. The van der Waals surface area contributed by atoms with E-state index in [-0.39, 0.29) is 47.2 Å². The molecule has 0 radical (unpaired) electrons. The van der Waals surface area contributed by atoms with Crippen LogP contribution in [0.5, 0.6) is 0 Å². The number of pyridine rings is 1. The van der Waals surface area contributed by atoms with Gasteiger partial charge in [-0.1, -0.05) is 42.5 Å². The van der Waals surface area contributed by atoms with Crippen molar-refractivity contribution in [3.8, 4) is 0 Å². The Labute approximate surface area is 218 Å². The Morgan fingerprint density at radius 1 is 1.15 bits per heavy atom. The zero-order valence-corrected chi connectivity index (χ0v) is 21.0. The zero-order valence-electron chi connectivity index (χ0n) is 18.2. The number of aliphatic carboxylic acids is 1. The molecule has 1 saturated heterocycles. The van der Waals surface area contributed by atoms with Crippen LogP contribution in [0, 0.1) is 0 Å². The van der Waals surface area contributed by atoms with Crippen LogP contribution < -0.4 is 40.0 Å². The fraction of sp³-hybridized carbons (Fsp3) is 0.130. The van der Waals surface area contributed by atoms with Gasteiger partial charge in [0.1, 0.15) is 0 Å². The molecule has 11 heteroatoms. The van der Waals surface area contributed by atoms with Crippen molar-refractivity contribution in [3.63, 3.8) is 0 Å². The first-order chi connectivity index (χ1) is 15.8. The number of carboxylic acid groups (broad SMARTS) is 1. The molecule has 1 aromatic heterocycles. The molecule has 1 aromatic carbocycles. The predicted molar refractivity (Wildman–Crippen MR) is 116 cm³/mol. The summed E-state index contributed by atoms with van der Waals surface area (Å²) < 4.78 is 25.8. The maximum absolute atomic E-state index is 12.9. The maximum atomic E-state index is 12.9. The van der Waals surface area contributed by atoms with Gasteiger partial charge in [0.15, 0.2) is 15.2 Å². The summed E-state index contributed by atoms with van der Waals surface area (Å²) in [4.78, 5) is 41.4. The first-order valence-electron chi connectivity index (χ1n) is 9.90. The summed E-state index contributed by atoms with van der Waals surface area (Å²) >= 11 is 0. The molecule has 0 saturated carbocycles. The van der Waals surface area contributed by atoms with E-state index in [1.54, 1.807) is 18.2 Å². The minimum atomic E-state index is -3.97. The maximum Gasteiger partial charge on any atom is 1.00 e. The Hall–Kier alpha value is -3.05. The zero-order chi connectivity index (χ0) is 23.6. The van der Waals surface area contributed by atoms with E-state index in [2.05, 4.69) is 10.3 Å². The third-order valence-electron chi connectivity index (χ3n) is 5.14. The first kappa shape index (κ1) is 25.6. The topological polar surface area (TPSA) is 137 Å². The van der Waals surface area contributed by atoms with Crippen LogP contribution in [0.3, 0.4) is 0 Å². The number of rotatable bonds is 6. The standard InChI is InChI=1S/C23H19N3O6S.Na/c27-19(25-13-15-6-2-1-3-7-15)10-9-16-14-33(31,32)22-18(12-17-8-4-5-11-24-17)21(28)26(22)20(16)23(29)30;/h1-12,22H,13-14H2,(H,25,27)(H,29,30);/q;+1/p-1/b10-9+,18-12-;/t22-;/m1./s1. The largest absolute Gasteiger partial charge is 1.00 e. The van der Waals surface area contributed by atoms with E-state index in [4.69, 9.17) is 0 Å². The van der Waals surface area contributed by atoms with Gasteiger partial charge in [0.25, 0.3) is 5.91 Å². The van der Waals surface area contributed by atoms with Crippen molar-refractivity contribution in [1.29, 1.82) is 0 Å². The fourth-order valence-electron chi connectivity index (χ4n) is 3.65. The van der Waals surface area contributed by atoms with Gasteiger partial charge in [0, 0.05) is 18.8 Å². The number of amides is 2. The number of nitrogens with zero attached hydrogens (tertiary/aromatic N) is 2. The van der Waals surface area contributed by atoms with Crippen LogP contribution in [0.2, 0.25) is 0 Å². The van der Waals surface area contributed by atoms with Crippen molar-refractivity contribution < 1.29 is 57.5 Å². The Morgan fingerprint density at radius 2 is 1.85 bits per heavy atom. The number of carbonyl (C=O) groups is 3. The Kier molecular flexibility index (Phi) is 7.88. The number of nitrogens with one attached hydrogen (secondary N) is 1. The molecular weight excluding hydrogens is 469 g/mol. The molecular formula is C23H18N3NaO6S. The Bertz CT molecular complexity index is 1320. The number of aromatic nitrogens is 1. The molecule has 3 heterocycles. The van der Waals surface area contributed by atoms with Crippen LogP contribution in [0.1, 0.15) is 11.3 Å². The van der Waals surface area contributed by atoms with Gasteiger partial charge in [0.05, 0.1) is 28.7 Å². The Balaban J connectivity index is 0.00000324. The number of hydrogen-bond donors (Lipinski definition) is 1. The van der Waals surface area contributed by atoms with Crippen LogP contribution in [0.25, 0.3) is 6.08 Å². The third-order valence-corrected chi connectivity index (χ3v) is 7.00. The van der Waals surface area contributed by atoms with E-state index in [0.717, 1.165) is 17.7 Å². The molecule has 4 rings (SSSR count). The summed E-state index contributed by atoms with van der Waals surface area (Å²) in [5, 5.41) is 13.0. The second-order valence-electron chi connectivity index (χ2n) is 7.39. The van der Waals surface area contributed by atoms with Gasteiger partial charge < -0.3 is 15.2 Å².